The molecule has 2 amide bonds. The highest BCUT2D eigenvalue weighted by Crippen LogP contribution is 2.29. The van der Waals surface area contributed by atoms with Crippen LogP contribution >= 0.6 is 0 Å². The Bertz CT molecular complexity index is 942. The van der Waals surface area contributed by atoms with E-state index in [0.29, 0.717) is 28.4 Å². The standard InChI is InChI=1S/C21H19N3O3/c22-21(26)16-10-4-5-11-17(16)23-14-20(25)24-18-12-6-7-13-19(18)27-15-8-2-1-3-9-15/h1-13,23H,14H2,(H2,22,26)(H,24,25). The van der Waals surface area contributed by atoms with E-state index in [-0.39, 0.29) is 12.5 Å². The second-order valence-electron chi connectivity index (χ2n) is 5.72. The van der Waals surface area contributed by atoms with E-state index in [1.807, 2.05) is 42.5 Å². The first kappa shape index (κ1) is 18.0. The Morgan fingerprint density at radius 1 is 0.815 bits per heavy atom. The van der Waals surface area contributed by atoms with Gasteiger partial charge in [0.05, 0.1) is 17.8 Å². The Morgan fingerprint density at radius 2 is 1.44 bits per heavy atom. The van der Waals surface area contributed by atoms with Gasteiger partial charge in [-0.05, 0) is 36.4 Å². The lowest BCUT2D eigenvalue weighted by atomic mass is 10.1. The fourth-order valence-corrected chi connectivity index (χ4v) is 2.50. The number of primary amides is 1. The number of carbonyl (C=O) groups is 2. The van der Waals surface area contributed by atoms with Crippen LogP contribution in [0.15, 0.2) is 78.9 Å². The predicted molar refractivity (Wildman–Crippen MR) is 105 cm³/mol. The van der Waals surface area contributed by atoms with Gasteiger partial charge in [0, 0.05) is 5.69 Å². The van der Waals surface area contributed by atoms with E-state index in [0.717, 1.165) is 0 Å². The molecule has 3 rings (SSSR count). The van der Waals surface area contributed by atoms with E-state index < -0.39 is 5.91 Å². The van der Waals surface area contributed by atoms with Gasteiger partial charge in [-0.15, -0.1) is 0 Å². The third-order valence-corrected chi connectivity index (χ3v) is 3.76. The van der Waals surface area contributed by atoms with E-state index in [1.165, 1.54) is 0 Å². The summed E-state index contributed by atoms with van der Waals surface area (Å²) in [5.74, 6) is 0.376. The van der Waals surface area contributed by atoms with Gasteiger partial charge < -0.3 is 21.1 Å². The molecule has 136 valence electrons. The first-order chi connectivity index (χ1) is 13.1. The van der Waals surface area contributed by atoms with Crippen LogP contribution in [0.25, 0.3) is 0 Å². The summed E-state index contributed by atoms with van der Waals surface area (Å²) < 4.78 is 5.83. The van der Waals surface area contributed by atoms with Gasteiger partial charge in [0.15, 0.2) is 5.75 Å². The maximum Gasteiger partial charge on any atom is 0.250 e. The lowest BCUT2D eigenvalue weighted by Crippen LogP contribution is -2.23. The Hall–Kier alpha value is -3.80. The number of para-hydroxylation sites is 4. The average Bonchev–Trinajstić information content (AvgIpc) is 2.69. The van der Waals surface area contributed by atoms with Crippen molar-refractivity contribution in [2.24, 2.45) is 5.73 Å². The van der Waals surface area contributed by atoms with E-state index in [4.69, 9.17) is 10.5 Å². The molecule has 0 radical (unpaired) electrons. The topological polar surface area (TPSA) is 93.5 Å². The molecule has 0 bridgehead atoms. The molecule has 3 aromatic rings. The zero-order chi connectivity index (χ0) is 19.1. The van der Waals surface area contributed by atoms with Gasteiger partial charge in [-0.25, -0.2) is 0 Å². The number of anilines is 2. The molecule has 6 nitrogen and oxygen atoms in total. The molecule has 27 heavy (non-hydrogen) atoms. The summed E-state index contributed by atoms with van der Waals surface area (Å²) in [4.78, 5) is 23.8. The van der Waals surface area contributed by atoms with Crippen LogP contribution in [0.3, 0.4) is 0 Å². The van der Waals surface area contributed by atoms with Crippen LogP contribution in [0.5, 0.6) is 11.5 Å². The Kier molecular flexibility index (Phi) is 5.69. The van der Waals surface area contributed by atoms with Crippen LogP contribution in [0, 0.1) is 0 Å². The van der Waals surface area contributed by atoms with Crippen LogP contribution in [-0.2, 0) is 4.79 Å². The van der Waals surface area contributed by atoms with Crippen LogP contribution in [0.2, 0.25) is 0 Å². The number of hydrogen-bond donors (Lipinski definition) is 3. The second kappa shape index (κ2) is 8.53. The van der Waals surface area contributed by atoms with Crippen LogP contribution in [-0.4, -0.2) is 18.4 Å². The summed E-state index contributed by atoms with van der Waals surface area (Å²) in [6.07, 6.45) is 0. The van der Waals surface area contributed by atoms with Gasteiger partial charge in [-0.3, -0.25) is 9.59 Å². The van der Waals surface area contributed by atoms with Crippen molar-refractivity contribution in [1.29, 1.82) is 0 Å². The molecule has 0 unspecified atom stereocenters. The van der Waals surface area contributed by atoms with Crippen molar-refractivity contribution in [2.75, 3.05) is 17.2 Å². The molecule has 0 fully saturated rings. The van der Waals surface area contributed by atoms with E-state index in [1.54, 1.807) is 36.4 Å². The summed E-state index contributed by atoms with van der Waals surface area (Å²) in [7, 11) is 0. The fraction of sp³-hybridized carbons (Fsp3) is 0.0476. The summed E-state index contributed by atoms with van der Waals surface area (Å²) >= 11 is 0. The zero-order valence-electron chi connectivity index (χ0n) is 14.5. The molecule has 0 saturated carbocycles. The quantitative estimate of drug-likeness (QED) is 0.599. The number of nitrogens with one attached hydrogen (secondary N) is 2. The van der Waals surface area contributed by atoms with Gasteiger partial charge in [0.2, 0.25) is 5.91 Å². The number of amides is 2. The molecule has 0 atom stereocenters. The molecule has 0 spiro atoms. The summed E-state index contributed by atoms with van der Waals surface area (Å²) in [6, 6.07) is 23.2. The smallest absolute Gasteiger partial charge is 0.250 e. The molecular formula is C21H19N3O3. The SMILES string of the molecule is NC(=O)c1ccccc1NCC(=O)Nc1ccccc1Oc1ccccc1. The van der Waals surface area contributed by atoms with Crippen molar-refractivity contribution in [3.63, 3.8) is 0 Å². The number of rotatable bonds is 7. The Morgan fingerprint density at radius 3 is 2.19 bits per heavy atom. The predicted octanol–water partition coefficient (Wildman–Crippen LogP) is 3.63. The Labute approximate surface area is 157 Å². The van der Waals surface area contributed by atoms with Crippen molar-refractivity contribution in [3.8, 4) is 11.5 Å². The number of nitrogens with two attached hydrogens (primary N) is 1. The highest BCUT2D eigenvalue weighted by molar-refractivity contribution is 6.00. The van der Waals surface area contributed by atoms with Gasteiger partial charge in [-0.1, -0.05) is 42.5 Å². The third-order valence-electron chi connectivity index (χ3n) is 3.76. The lowest BCUT2D eigenvalue weighted by Gasteiger charge is -2.13. The minimum Gasteiger partial charge on any atom is -0.455 e. The molecule has 6 heteroatoms. The summed E-state index contributed by atoms with van der Waals surface area (Å²) in [5.41, 5.74) is 6.73. The first-order valence-electron chi connectivity index (χ1n) is 8.38. The summed E-state index contributed by atoms with van der Waals surface area (Å²) in [5, 5.41) is 5.74. The van der Waals surface area contributed by atoms with Gasteiger partial charge in [0.1, 0.15) is 5.75 Å². The molecular weight excluding hydrogens is 342 g/mol. The van der Waals surface area contributed by atoms with Crippen molar-refractivity contribution >= 4 is 23.2 Å². The molecule has 0 aliphatic heterocycles. The molecule has 0 aromatic heterocycles. The Balaban J connectivity index is 1.66. The number of hydrogen-bond acceptors (Lipinski definition) is 4. The highest BCUT2D eigenvalue weighted by atomic mass is 16.5. The third kappa shape index (κ3) is 4.85. The minimum absolute atomic E-state index is 0.0238. The maximum absolute atomic E-state index is 12.3. The molecule has 0 aliphatic carbocycles. The minimum atomic E-state index is -0.555. The molecule has 0 heterocycles. The maximum atomic E-state index is 12.3. The van der Waals surface area contributed by atoms with Gasteiger partial charge in [-0.2, -0.15) is 0 Å². The van der Waals surface area contributed by atoms with Gasteiger partial charge in [0.25, 0.3) is 5.91 Å². The van der Waals surface area contributed by atoms with Gasteiger partial charge >= 0.3 is 0 Å². The average molecular weight is 361 g/mol. The molecule has 4 N–H and O–H groups in total. The zero-order valence-corrected chi connectivity index (χ0v) is 14.5. The number of ether oxygens (including phenoxy) is 1. The van der Waals surface area contributed by atoms with Crippen LogP contribution < -0.4 is 21.1 Å². The van der Waals surface area contributed by atoms with Crippen LogP contribution in [0.4, 0.5) is 11.4 Å². The number of benzene rings is 3. The normalized spacial score (nSPS) is 10.1. The monoisotopic (exact) mass is 361 g/mol. The van der Waals surface area contributed by atoms with Crippen molar-refractivity contribution in [1.82, 2.24) is 0 Å². The number of carbonyl (C=O) groups excluding carboxylic acids is 2. The lowest BCUT2D eigenvalue weighted by molar-refractivity contribution is -0.114. The van der Waals surface area contributed by atoms with Crippen molar-refractivity contribution < 1.29 is 14.3 Å². The highest BCUT2D eigenvalue weighted by Gasteiger charge is 2.11. The first-order valence-corrected chi connectivity index (χ1v) is 8.38. The molecule has 0 saturated heterocycles. The van der Waals surface area contributed by atoms with E-state index in [2.05, 4.69) is 10.6 Å². The van der Waals surface area contributed by atoms with Crippen molar-refractivity contribution in [3.05, 3.63) is 84.4 Å². The second-order valence-corrected chi connectivity index (χ2v) is 5.72. The van der Waals surface area contributed by atoms with E-state index >= 15 is 0 Å². The van der Waals surface area contributed by atoms with E-state index in [9.17, 15) is 9.59 Å². The molecule has 3 aromatic carbocycles. The molecule has 0 aliphatic rings. The summed E-state index contributed by atoms with van der Waals surface area (Å²) in [6.45, 7) is -0.0238. The fourth-order valence-electron chi connectivity index (χ4n) is 2.50. The van der Waals surface area contributed by atoms with Crippen LogP contribution in [0.1, 0.15) is 10.4 Å². The largest absolute Gasteiger partial charge is 0.455 e. The van der Waals surface area contributed by atoms with Crippen molar-refractivity contribution in [2.45, 2.75) is 0 Å².